The molecule has 9 heteroatoms. The molecule has 152 valence electrons. The molecule has 0 radical (unpaired) electrons. The minimum absolute atomic E-state index is 0.0409. The molecule has 1 atom stereocenters. The number of ether oxygens (including phenoxy) is 2. The molecule has 0 bridgehead atoms. The van der Waals surface area contributed by atoms with Crippen LogP contribution in [0, 0.1) is 5.82 Å². The Bertz CT molecular complexity index is 845. The molecule has 0 aliphatic rings. The molecule has 2 N–H and O–H groups in total. The van der Waals surface area contributed by atoms with Crippen LogP contribution in [-0.4, -0.2) is 28.8 Å². The van der Waals surface area contributed by atoms with Gasteiger partial charge in [-0.15, -0.1) is 0 Å². The lowest BCUT2D eigenvalue weighted by molar-refractivity contribution is -0.139. The third-order valence-electron chi connectivity index (χ3n) is 3.38. The van der Waals surface area contributed by atoms with E-state index in [9.17, 15) is 19.1 Å². The van der Waals surface area contributed by atoms with Gasteiger partial charge in [0.05, 0.1) is 5.02 Å². The summed E-state index contributed by atoms with van der Waals surface area (Å²) in [6, 6.07) is 5.94. The van der Waals surface area contributed by atoms with Gasteiger partial charge >= 0.3 is 12.1 Å². The van der Waals surface area contributed by atoms with Crippen molar-refractivity contribution < 1.29 is 33.0 Å². The van der Waals surface area contributed by atoms with Crippen LogP contribution in [0.4, 0.5) is 9.18 Å². The molecule has 0 aliphatic carbocycles. The summed E-state index contributed by atoms with van der Waals surface area (Å²) in [4.78, 5) is 23.2. The number of furan rings is 1. The highest BCUT2D eigenvalue weighted by Gasteiger charge is 2.25. The predicted molar refractivity (Wildman–Crippen MR) is 98.9 cm³/mol. The van der Waals surface area contributed by atoms with Crippen LogP contribution in [0.1, 0.15) is 32.3 Å². The Morgan fingerprint density at radius 1 is 1.25 bits per heavy atom. The van der Waals surface area contributed by atoms with E-state index in [1.807, 2.05) is 0 Å². The van der Waals surface area contributed by atoms with Crippen LogP contribution in [0.15, 0.2) is 34.7 Å². The van der Waals surface area contributed by atoms with Gasteiger partial charge in [0.15, 0.2) is 0 Å². The maximum atomic E-state index is 13.1. The second-order valence-electron chi connectivity index (χ2n) is 6.97. The number of carbonyl (C=O) groups excluding carboxylic acids is 1. The van der Waals surface area contributed by atoms with E-state index >= 15 is 0 Å². The van der Waals surface area contributed by atoms with E-state index in [4.69, 9.17) is 25.5 Å². The fraction of sp³-hybridized carbons (Fsp3) is 0.368. The number of alkyl carbamates (subject to hydrolysis) is 1. The molecule has 0 saturated carbocycles. The lowest BCUT2D eigenvalue weighted by Gasteiger charge is -2.21. The minimum atomic E-state index is -1.22. The first-order valence-corrected chi connectivity index (χ1v) is 8.79. The number of benzene rings is 1. The average molecular weight is 414 g/mol. The Labute approximate surface area is 166 Å². The summed E-state index contributed by atoms with van der Waals surface area (Å²) in [6.45, 7) is 5.07. The van der Waals surface area contributed by atoms with Crippen LogP contribution in [0.5, 0.6) is 5.75 Å². The number of aliphatic carboxylic acids is 1. The summed E-state index contributed by atoms with van der Waals surface area (Å²) in [5, 5.41) is 11.5. The van der Waals surface area contributed by atoms with Gasteiger partial charge in [-0.3, -0.25) is 0 Å². The van der Waals surface area contributed by atoms with Crippen molar-refractivity contribution >= 4 is 23.7 Å². The molecule has 1 aromatic heterocycles. The van der Waals surface area contributed by atoms with Gasteiger partial charge in [0.1, 0.15) is 41.3 Å². The van der Waals surface area contributed by atoms with Crippen molar-refractivity contribution in [3.63, 3.8) is 0 Å². The number of carboxylic acids is 1. The van der Waals surface area contributed by atoms with Gasteiger partial charge in [-0.05, 0) is 45.0 Å². The lowest BCUT2D eigenvalue weighted by Crippen LogP contribution is -2.44. The summed E-state index contributed by atoms with van der Waals surface area (Å²) < 4.78 is 29.2. The topological polar surface area (TPSA) is 98.0 Å². The largest absolute Gasteiger partial charge is 0.486 e. The first-order chi connectivity index (χ1) is 13.0. The van der Waals surface area contributed by atoms with Crippen molar-refractivity contribution in [3.05, 3.63) is 52.7 Å². The normalized spacial score (nSPS) is 12.3. The molecule has 1 unspecified atom stereocenters. The lowest BCUT2D eigenvalue weighted by atomic mass is 10.1. The van der Waals surface area contributed by atoms with Crippen LogP contribution in [0.3, 0.4) is 0 Å². The van der Waals surface area contributed by atoms with Crippen LogP contribution < -0.4 is 10.1 Å². The minimum Gasteiger partial charge on any atom is -0.486 e. The van der Waals surface area contributed by atoms with E-state index in [-0.39, 0.29) is 18.1 Å². The van der Waals surface area contributed by atoms with Crippen molar-refractivity contribution in [2.45, 2.75) is 45.4 Å². The number of carboxylic acid groups (broad SMARTS) is 1. The molecule has 1 amide bonds. The van der Waals surface area contributed by atoms with E-state index in [0.717, 1.165) is 0 Å². The Balaban J connectivity index is 1.94. The summed E-state index contributed by atoms with van der Waals surface area (Å²) >= 11 is 5.69. The first kappa shape index (κ1) is 21.6. The molecule has 2 rings (SSSR count). The second kappa shape index (κ2) is 8.97. The van der Waals surface area contributed by atoms with Crippen LogP contribution in [-0.2, 0) is 22.6 Å². The molecule has 0 saturated heterocycles. The van der Waals surface area contributed by atoms with Gasteiger partial charge in [-0.25, -0.2) is 14.0 Å². The van der Waals surface area contributed by atoms with Gasteiger partial charge in [-0.1, -0.05) is 11.6 Å². The fourth-order valence-corrected chi connectivity index (χ4v) is 2.35. The zero-order valence-corrected chi connectivity index (χ0v) is 16.4. The molecule has 1 heterocycles. The third-order valence-corrected chi connectivity index (χ3v) is 3.67. The molecule has 2 aromatic rings. The number of nitrogens with one attached hydrogen (secondary N) is 1. The Morgan fingerprint density at radius 2 is 1.93 bits per heavy atom. The van der Waals surface area contributed by atoms with Gasteiger partial charge in [-0.2, -0.15) is 0 Å². The van der Waals surface area contributed by atoms with E-state index in [0.29, 0.717) is 17.3 Å². The molecular formula is C19H21ClFNO6. The molecule has 0 spiro atoms. The number of hydrogen-bond donors (Lipinski definition) is 2. The molecule has 0 fully saturated rings. The van der Waals surface area contributed by atoms with Crippen molar-refractivity contribution in [2.24, 2.45) is 0 Å². The van der Waals surface area contributed by atoms with Gasteiger partial charge < -0.3 is 24.3 Å². The summed E-state index contributed by atoms with van der Waals surface area (Å²) in [5.41, 5.74) is -0.744. The Kier molecular flexibility index (Phi) is 6.90. The maximum Gasteiger partial charge on any atom is 0.408 e. The number of amides is 1. The molecular weight excluding hydrogens is 393 g/mol. The second-order valence-corrected chi connectivity index (χ2v) is 7.38. The highest BCUT2D eigenvalue weighted by atomic mass is 35.5. The Morgan fingerprint density at radius 3 is 2.54 bits per heavy atom. The SMILES string of the molecule is CC(C)(C)OC(=O)NC(Cc1ccc(COc2ccc(F)c(Cl)c2)o1)C(=O)O. The fourth-order valence-electron chi connectivity index (χ4n) is 2.18. The van der Waals surface area contributed by atoms with Crippen LogP contribution >= 0.6 is 11.6 Å². The van der Waals surface area contributed by atoms with E-state index < -0.39 is 29.5 Å². The van der Waals surface area contributed by atoms with Crippen LogP contribution in [0.25, 0.3) is 0 Å². The van der Waals surface area contributed by atoms with Crippen LogP contribution in [0.2, 0.25) is 5.02 Å². The first-order valence-electron chi connectivity index (χ1n) is 8.41. The van der Waals surface area contributed by atoms with Gasteiger partial charge in [0.2, 0.25) is 0 Å². The average Bonchev–Trinajstić information content (AvgIpc) is 3.01. The van der Waals surface area contributed by atoms with E-state index in [2.05, 4.69) is 5.32 Å². The van der Waals surface area contributed by atoms with Crippen molar-refractivity contribution in [2.75, 3.05) is 0 Å². The number of hydrogen-bond acceptors (Lipinski definition) is 5. The highest BCUT2D eigenvalue weighted by molar-refractivity contribution is 6.30. The number of carbonyl (C=O) groups is 2. The number of halogens is 2. The summed E-state index contributed by atoms with van der Waals surface area (Å²) in [6.07, 6.45) is -0.903. The van der Waals surface area contributed by atoms with E-state index in [1.54, 1.807) is 32.9 Å². The van der Waals surface area contributed by atoms with E-state index in [1.165, 1.54) is 18.2 Å². The smallest absolute Gasteiger partial charge is 0.408 e. The molecule has 1 aromatic carbocycles. The highest BCUT2D eigenvalue weighted by Crippen LogP contribution is 2.22. The summed E-state index contributed by atoms with van der Waals surface area (Å²) in [5.74, 6) is -0.636. The monoisotopic (exact) mass is 413 g/mol. The Hall–Kier alpha value is -2.74. The van der Waals surface area contributed by atoms with Gasteiger partial charge in [0, 0.05) is 12.5 Å². The zero-order chi connectivity index (χ0) is 20.9. The summed E-state index contributed by atoms with van der Waals surface area (Å²) in [7, 11) is 0. The molecule has 7 nitrogen and oxygen atoms in total. The third kappa shape index (κ3) is 6.77. The maximum absolute atomic E-state index is 13.1. The predicted octanol–water partition coefficient (Wildman–Crippen LogP) is 4.17. The van der Waals surface area contributed by atoms with Crippen molar-refractivity contribution in [3.8, 4) is 5.75 Å². The number of rotatable bonds is 7. The van der Waals surface area contributed by atoms with Gasteiger partial charge in [0.25, 0.3) is 0 Å². The van der Waals surface area contributed by atoms with Crippen molar-refractivity contribution in [1.29, 1.82) is 0 Å². The zero-order valence-electron chi connectivity index (χ0n) is 15.6. The van der Waals surface area contributed by atoms with Crippen molar-refractivity contribution in [1.82, 2.24) is 5.32 Å². The molecule has 28 heavy (non-hydrogen) atoms. The standard InChI is InChI=1S/C19H21ClFNO6/c1-19(2,3)28-18(25)22-16(17(23)24)9-12-4-5-13(27-12)10-26-11-6-7-15(21)14(20)8-11/h4-8,16H,9-10H2,1-3H3,(H,22,25)(H,23,24). The quantitative estimate of drug-likeness (QED) is 0.706. The molecule has 0 aliphatic heterocycles.